The normalized spacial score (nSPS) is 9.20. The highest BCUT2D eigenvalue weighted by Crippen LogP contribution is 1.88. The second-order valence-electron chi connectivity index (χ2n) is 1.74. The van der Waals surface area contributed by atoms with Crippen molar-refractivity contribution < 1.29 is 0 Å². The molecule has 52 valence electrons. The quantitative estimate of drug-likeness (QED) is 0.592. The van der Waals surface area contributed by atoms with Gasteiger partial charge in [0.1, 0.15) is 6.33 Å². The van der Waals surface area contributed by atoms with Gasteiger partial charge in [0.2, 0.25) is 0 Å². The lowest BCUT2D eigenvalue weighted by molar-refractivity contribution is 0.909. The van der Waals surface area contributed by atoms with E-state index in [0.717, 1.165) is 0 Å². The molecule has 0 aliphatic heterocycles. The third-order valence-corrected chi connectivity index (χ3v) is 1.03. The van der Waals surface area contributed by atoms with Gasteiger partial charge in [-0.3, -0.25) is 0 Å². The Morgan fingerprint density at radius 3 is 3.00 bits per heavy atom. The van der Waals surface area contributed by atoms with Crippen molar-refractivity contribution in [3.8, 4) is 0 Å². The van der Waals surface area contributed by atoms with Crippen LogP contribution in [0.1, 0.15) is 5.69 Å². The van der Waals surface area contributed by atoms with Crippen LogP contribution in [0.4, 0.5) is 0 Å². The van der Waals surface area contributed by atoms with E-state index in [1.165, 1.54) is 6.33 Å². The molecule has 0 radical (unpaired) electrons. The molecular weight excluding hydrogens is 148 g/mol. The van der Waals surface area contributed by atoms with Gasteiger partial charge in [-0.25, -0.2) is 4.98 Å². The summed E-state index contributed by atoms with van der Waals surface area (Å²) in [5.74, 6) is 0. The van der Waals surface area contributed by atoms with Crippen molar-refractivity contribution in [3.63, 3.8) is 0 Å². The fourth-order valence-corrected chi connectivity index (χ4v) is 0.682. The lowest BCUT2D eigenvalue weighted by Crippen LogP contribution is -2.12. The van der Waals surface area contributed by atoms with Gasteiger partial charge in [-0.1, -0.05) is 12.2 Å². The molecule has 0 unspecified atom stereocenters. The molecule has 0 atom stereocenters. The van der Waals surface area contributed by atoms with E-state index in [1.54, 1.807) is 6.20 Å². The molecule has 1 aromatic heterocycles. The maximum atomic E-state index is 5.26. The van der Waals surface area contributed by atoms with Gasteiger partial charge in [0.25, 0.3) is 0 Å². The number of hydrogen-bond donors (Lipinski definition) is 1. The van der Waals surface area contributed by atoms with Gasteiger partial charge in [-0.15, -0.1) is 5.10 Å². The molecule has 0 aromatic carbocycles. The molecule has 1 aromatic rings. The standard InChI is InChI=1S/C5H6N4S/c6-5(10)1-4-2-7-3-8-9-4/h2-3H,1H2,(H2,6,10). The van der Waals surface area contributed by atoms with Crippen LogP contribution in [0.2, 0.25) is 0 Å². The Hall–Kier alpha value is -1.10. The Morgan fingerprint density at radius 1 is 1.70 bits per heavy atom. The summed E-state index contributed by atoms with van der Waals surface area (Å²) in [6.45, 7) is 0. The monoisotopic (exact) mass is 154 g/mol. The summed E-state index contributed by atoms with van der Waals surface area (Å²) < 4.78 is 0. The van der Waals surface area contributed by atoms with Crippen molar-refractivity contribution in [2.75, 3.05) is 0 Å². The number of hydrogen-bond acceptors (Lipinski definition) is 4. The van der Waals surface area contributed by atoms with Gasteiger partial charge in [-0.05, 0) is 0 Å². The van der Waals surface area contributed by atoms with Crippen molar-refractivity contribution in [1.29, 1.82) is 0 Å². The number of nitrogens with zero attached hydrogens (tertiary/aromatic N) is 3. The van der Waals surface area contributed by atoms with Crippen molar-refractivity contribution in [3.05, 3.63) is 18.2 Å². The van der Waals surface area contributed by atoms with Crippen LogP contribution in [0.3, 0.4) is 0 Å². The minimum Gasteiger partial charge on any atom is -0.393 e. The lowest BCUT2D eigenvalue weighted by Gasteiger charge is -1.92. The predicted octanol–water partition coefficient (Wildman–Crippen LogP) is -0.300. The summed E-state index contributed by atoms with van der Waals surface area (Å²) in [5, 5.41) is 7.30. The van der Waals surface area contributed by atoms with Gasteiger partial charge in [0, 0.05) is 6.42 Å². The Balaban J connectivity index is 2.67. The first-order valence-corrected chi connectivity index (χ1v) is 3.10. The fourth-order valence-electron chi connectivity index (χ4n) is 0.534. The molecule has 0 amide bonds. The van der Waals surface area contributed by atoms with Gasteiger partial charge in [0.05, 0.1) is 16.9 Å². The number of nitrogens with two attached hydrogens (primary N) is 1. The van der Waals surface area contributed by atoms with E-state index < -0.39 is 0 Å². The molecule has 1 rings (SSSR count). The van der Waals surface area contributed by atoms with E-state index in [0.29, 0.717) is 17.1 Å². The van der Waals surface area contributed by atoms with Gasteiger partial charge < -0.3 is 5.73 Å². The van der Waals surface area contributed by atoms with E-state index in [2.05, 4.69) is 27.4 Å². The van der Waals surface area contributed by atoms with Crippen LogP contribution in [0, 0.1) is 0 Å². The molecule has 10 heavy (non-hydrogen) atoms. The first kappa shape index (κ1) is 7.01. The molecule has 2 N–H and O–H groups in total. The van der Waals surface area contributed by atoms with Crippen molar-refractivity contribution in [2.45, 2.75) is 6.42 Å². The van der Waals surface area contributed by atoms with Crippen LogP contribution in [-0.4, -0.2) is 20.2 Å². The second-order valence-corrected chi connectivity index (χ2v) is 2.27. The number of thiocarbonyl (C=S) groups is 1. The third-order valence-electron chi connectivity index (χ3n) is 0.883. The molecule has 0 aliphatic rings. The Kier molecular flexibility index (Phi) is 2.22. The highest BCUT2D eigenvalue weighted by atomic mass is 32.1. The van der Waals surface area contributed by atoms with Crippen molar-refractivity contribution in [1.82, 2.24) is 15.2 Å². The largest absolute Gasteiger partial charge is 0.393 e. The average molecular weight is 154 g/mol. The zero-order chi connectivity index (χ0) is 7.40. The molecule has 0 aliphatic carbocycles. The Morgan fingerprint density at radius 2 is 2.50 bits per heavy atom. The van der Waals surface area contributed by atoms with E-state index >= 15 is 0 Å². The van der Waals surface area contributed by atoms with Gasteiger partial charge in [0.15, 0.2) is 0 Å². The fraction of sp³-hybridized carbons (Fsp3) is 0.200. The SMILES string of the molecule is NC(=S)Cc1cncnn1. The maximum absolute atomic E-state index is 5.26. The van der Waals surface area contributed by atoms with E-state index in [4.69, 9.17) is 5.73 Å². The number of aromatic nitrogens is 3. The van der Waals surface area contributed by atoms with Crippen LogP contribution in [-0.2, 0) is 6.42 Å². The minimum atomic E-state index is 0.405. The van der Waals surface area contributed by atoms with Crippen LogP contribution in [0.15, 0.2) is 12.5 Å². The Labute approximate surface area is 63.5 Å². The van der Waals surface area contributed by atoms with Crippen LogP contribution < -0.4 is 5.73 Å². The van der Waals surface area contributed by atoms with Crippen LogP contribution >= 0.6 is 12.2 Å². The summed E-state index contributed by atoms with van der Waals surface area (Å²) in [6, 6.07) is 0. The van der Waals surface area contributed by atoms with E-state index in [9.17, 15) is 0 Å². The summed E-state index contributed by atoms with van der Waals surface area (Å²) in [4.78, 5) is 4.15. The molecule has 1 heterocycles. The summed E-state index contributed by atoms with van der Waals surface area (Å²) in [7, 11) is 0. The smallest absolute Gasteiger partial charge is 0.138 e. The molecular formula is C5H6N4S. The van der Waals surface area contributed by atoms with Gasteiger partial charge in [-0.2, -0.15) is 5.10 Å². The maximum Gasteiger partial charge on any atom is 0.138 e. The zero-order valence-corrected chi connectivity index (χ0v) is 6.01. The average Bonchev–Trinajstić information content (AvgIpc) is 1.88. The van der Waals surface area contributed by atoms with E-state index in [1.807, 2.05) is 0 Å². The molecule has 4 nitrogen and oxygen atoms in total. The summed E-state index contributed by atoms with van der Waals surface area (Å²) in [5.41, 5.74) is 5.96. The molecule has 0 bridgehead atoms. The van der Waals surface area contributed by atoms with Gasteiger partial charge >= 0.3 is 0 Å². The minimum absolute atomic E-state index is 0.405. The van der Waals surface area contributed by atoms with Crippen LogP contribution in [0.25, 0.3) is 0 Å². The van der Waals surface area contributed by atoms with Crippen molar-refractivity contribution >= 4 is 17.2 Å². The lowest BCUT2D eigenvalue weighted by atomic mass is 10.3. The highest BCUT2D eigenvalue weighted by molar-refractivity contribution is 7.80. The summed E-state index contributed by atoms with van der Waals surface area (Å²) >= 11 is 4.66. The summed E-state index contributed by atoms with van der Waals surface area (Å²) in [6.07, 6.45) is 3.42. The van der Waals surface area contributed by atoms with E-state index in [-0.39, 0.29) is 0 Å². The first-order valence-electron chi connectivity index (χ1n) is 2.69. The molecule has 0 saturated heterocycles. The number of rotatable bonds is 2. The molecule has 0 spiro atoms. The zero-order valence-electron chi connectivity index (χ0n) is 5.19. The predicted molar refractivity (Wildman–Crippen MR) is 40.3 cm³/mol. The highest BCUT2D eigenvalue weighted by Gasteiger charge is 1.94. The van der Waals surface area contributed by atoms with Crippen molar-refractivity contribution in [2.24, 2.45) is 5.73 Å². The Bertz CT molecular complexity index is 222. The molecule has 0 fully saturated rings. The molecule has 0 saturated carbocycles. The van der Waals surface area contributed by atoms with Crippen LogP contribution in [0.5, 0.6) is 0 Å². The topological polar surface area (TPSA) is 64.7 Å². The molecule has 5 heteroatoms. The second kappa shape index (κ2) is 3.17. The third kappa shape index (κ3) is 2.02. The first-order chi connectivity index (χ1) is 4.79.